The van der Waals surface area contributed by atoms with Crippen LogP contribution in [0.1, 0.15) is 35.0 Å². The quantitative estimate of drug-likeness (QED) is 0.433. The van der Waals surface area contributed by atoms with Crippen LogP contribution < -0.4 is 14.8 Å². The molecule has 1 aromatic heterocycles. The molecule has 0 atom stereocenters. The largest absolute Gasteiger partial charge is 0.494 e. The second kappa shape index (κ2) is 10.8. The van der Waals surface area contributed by atoms with Crippen LogP contribution in [-0.4, -0.2) is 28.8 Å². The highest BCUT2D eigenvalue weighted by molar-refractivity contribution is 9.10. The number of hydrogen-bond donors (Lipinski definition) is 1. The number of ether oxygens (including phenoxy) is 2. The highest BCUT2D eigenvalue weighted by Gasteiger charge is 2.07. The first kappa shape index (κ1) is 21.9. The summed E-state index contributed by atoms with van der Waals surface area (Å²) in [7, 11) is 0. The summed E-state index contributed by atoms with van der Waals surface area (Å²) in [5.41, 5.74) is 2.53. The van der Waals surface area contributed by atoms with Gasteiger partial charge in [0, 0.05) is 24.8 Å². The number of rotatable bonds is 10. The van der Waals surface area contributed by atoms with Crippen LogP contribution in [0, 0.1) is 6.92 Å². The lowest BCUT2D eigenvalue weighted by Crippen LogP contribution is -2.25. The van der Waals surface area contributed by atoms with Gasteiger partial charge in [0.15, 0.2) is 0 Å². The first-order chi connectivity index (χ1) is 14.5. The van der Waals surface area contributed by atoms with E-state index in [1.54, 1.807) is 0 Å². The molecule has 158 valence electrons. The molecule has 6 nitrogen and oxygen atoms in total. The van der Waals surface area contributed by atoms with Crippen molar-refractivity contribution in [1.82, 2.24) is 15.1 Å². The van der Waals surface area contributed by atoms with Gasteiger partial charge in [-0.3, -0.25) is 9.48 Å². The number of carbonyl (C=O) groups excluding carboxylic acids is 1. The van der Waals surface area contributed by atoms with Crippen LogP contribution >= 0.6 is 15.9 Å². The Morgan fingerprint density at radius 1 is 1.13 bits per heavy atom. The van der Waals surface area contributed by atoms with Gasteiger partial charge < -0.3 is 14.8 Å². The van der Waals surface area contributed by atoms with E-state index in [2.05, 4.69) is 26.3 Å². The summed E-state index contributed by atoms with van der Waals surface area (Å²) in [4.78, 5) is 12.4. The minimum atomic E-state index is -0.0873. The molecule has 0 saturated heterocycles. The molecule has 3 rings (SSSR count). The predicted molar refractivity (Wildman–Crippen MR) is 120 cm³/mol. The topological polar surface area (TPSA) is 65.4 Å². The Morgan fingerprint density at radius 2 is 1.87 bits per heavy atom. The molecular weight excluding hydrogens is 446 g/mol. The van der Waals surface area contributed by atoms with Crippen LogP contribution in [0.25, 0.3) is 0 Å². The molecular formula is C23H26BrN3O3. The average molecular weight is 472 g/mol. The highest BCUT2D eigenvalue weighted by Crippen LogP contribution is 2.19. The van der Waals surface area contributed by atoms with E-state index in [0.717, 1.165) is 40.2 Å². The maximum atomic E-state index is 12.4. The standard InChI is InChI=1S/C23H26BrN3O3/c1-3-29-20-8-10-21(11-9-20)30-16-18-6-4-7-19(14-18)23(28)25-12-5-13-27-15-22(24)17(2)26-27/h4,6-11,14-15H,3,5,12-13,16H2,1-2H3,(H,25,28). The van der Waals surface area contributed by atoms with Crippen LogP contribution in [-0.2, 0) is 13.2 Å². The molecule has 0 aliphatic heterocycles. The first-order valence-corrected chi connectivity index (χ1v) is 10.8. The van der Waals surface area contributed by atoms with Crippen LogP contribution in [0.15, 0.2) is 59.2 Å². The number of aromatic nitrogens is 2. The van der Waals surface area contributed by atoms with Crippen LogP contribution in [0.2, 0.25) is 0 Å². The van der Waals surface area contributed by atoms with Crippen molar-refractivity contribution >= 4 is 21.8 Å². The predicted octanol–water partition coefficient (Wildman–Crippen LogP) is 4.75. The van der Waals surface area contributed by atoms with Crippen molar-refractivity contribution in [2.45, 2.75) is 33.4 Å². The normalized spacial score (nSPS) is 10.6. The van der Waals surface area contributed by atoms with Crippen molar-refractivity contribution in [3.63, 3.8) is 0 Å². The molecule has 0 fully saturated rings. The van der Waals surface area contributed by atoms with Gasteiger partial charge in [-0.15, -0.1) is 0 Å². The zero-order chi connectivity index (χ0) is 21.3. The fourth-order valence-electron chi connectivity index (χ4n) is 2.92. The second-order valence-electron chi connectivity index (χ2n) is 6.83. The molecule has 7 heteroatoms. The van der Waals surface area contributed by atoms with Crippen molar-refractivity contribution in [2.24, 2.45) is 0 Å². The molecule has 2 aromatic carbocycles. The number of aryl methyl sites for hydroxylation is 2. The number of nitrogens with zero attached hydrogens (tertiary/aromatic N) is 2. The van der Waals surface area contributed by atoms with E-state index in [9.17, 15) is 4.79 Å². The van der Waals surface area contributed by atoms with Crippen molar-refractivity contribution in [1.29, 1.82) is 0 Å². The molecule has 0 unspecified atom stereocenters. The number of benzene rings is 2. The Balaban J connectivity index is 1.46. The molecule has 1 amide bonds. The fraction of sp³-hybridized carbons (Fsp3) is 0.304. The molecule has 0 radical (unpaired) electrons. The SMILES string of the molecule is CCOc1ccc(OCc2cccc(C(=O)NCCCn3cc(Br)c(C)n3)c2)cc1. The van der Waals surface area contributed by atoms with Crippen molar-refractivity contribution in [2.75, 3.05) is 13.2 Å². The summed E-state index contributed by atoms with van der Waals surface area (Å²) >= 11 is 3.45. The summed E-state index contributed by atoms with van der Waals surface area (Å²) in [6.45, 7) is 6.27. The van der Waals surface area contributed by atoms with Crippen LogP contribution in [0.5, 0.6) is 11.5 Å². The van der Waals surface area contributed by atoms with Gasteiger partial charge in [0.05, 0.1) is 16.8 Å². The summed E-state index contributed by atoms with van der Waals surface area (Å²) < 4.78 is 14.1. The molecule has 0 aliphatic rings. The number of amides is 1. The van der Waals surface area contributed by atoms with Gasteiger partial charge >= 0.3 is 0 Å². The Kier molecular flexibility index (Phi) is 7.90. The third-order valence-electron chi connectivity index (χ3n) is 4.47. The minimum absolute atomic E-state index is 0.0873. The third kappa shape index (κ3) is 6.35. The summed E-state index contributed by atoms with van der Waals surface area (Å²) in [6, 6.07) is 15.0. The Labute approximate surface area is 185 Å². The zero-order valence-electron chi connectivity index (χ0n) is 17.2. The van der Waals surface area contributed by atoms with E-state index < -0.39 is 0 Å². The van der Waals surface area contributed by atoms with E-state index in [-0.39, 0.29) is 5.91 Å². The molecule has 1 N–H and O–H groups in total. The van der Waals surface area contributed by atoms with Gasteiger partial charge in [-0.2, -0.15) is 5.10 Å². The van der Waals surface area contributed by atoms with Crippen molar-refractivity contribution in [3.05, 3.63) is 76.0 Å². The lowest BCUT2D eigenvalue weighted by atomic mass is 10.1. The van der Waals surface area contributed by atoms with Gasteiger partial charge in [0.2, 0.25) is 0 Å². The molecule has 30 heavy (non-hydrogen) atoms. The van der Waals surface area contributed by atoms with Gasteiger partial charge in [0.25, 0.3) is 5.91 Å². The van der Waals surface area contributed by atoms with Crippen molar-refractivity contribution < 1.29 is 14.3 Å². The minimum Gasteiger partial charge on any atom is -0.494 e. The third-order valence-corrected chi connectivity index (χ3v) is 5.24. The van der Waals surface area contributed by atoms with E-state index in [0.29, 0.717) is 25.3 Å². The van der Waals surface area contributed by atoms with Gasteiger partial charge in [-0.25, -0.2) is 0 Å². The van der Waals surface area contributed by atoms with E-state index in [4.69, 9.17) is 9.47 Å². The monoisotopic (exact) mass is 471 g/mol. The van der Waals surface area contributed by atoms with E-state index >= 15 is 0 Å². The number of hydrogen-bond acceptors (Lipinski definition) is 4. The molecule has 0 bridgehead atoms. The first-order valence-electron chi connectivity index (χ1n) is 9.97. The molecule has 0 aliphatic carbocycles. The maximum absolute atomic E-state index is 12.4. The lowest BCUT2D eigenvalue weighted by molar-refractivity contribution is 0.0952. The second-order valence-corrected chi connectivity index (χ2v) is 7.68. The Bertz CT molecular complexity index is 951. The fourth-order valence-corrected chi connectivity index (χ4v) is 3.24. The van der Waals surface area contributed by atoms with E-state index in [1.165, 1.54) is 0 Å². The molecule has 0 spiro atoms. The Morgan fingerprint density at radius 3 is 2.53 bits per heavy atom. The molecule has 3 aromatic rings. The van der Waals surface area contributed by atoms with Crippen LogP contribution in [0.4, 0.5) is 0 Å². The highest BCUT2D eigenvalue weighted by atomic mass is 79.9. The smallest absolute Gasteiger partial charge is 0.251 e. The average Bonchev–Trinajstić information content (AvgIpc) is 3.08. The van der Waals surface area contributed by atoms with Crippen molar-refractivity contribution in [3.8, 4) is 11.5 Å². The number of nitrogens with one attached hydrogen (secondary N) is 1. The number of carbonyl (C=O) groups is 1. The number of halogens is 1. The molecule has 1 heterocycles. The van der Waals surface area contributed by atoms with Gasteiger partial charge in [-0.05, 0) is 78.2 Å². The summed E-state index contributed by atoms with van der Waals surface area (Å²) in [5.74, 6) is 1.49. The van der Waals surface area contributed by atoms with Gasteiger partial charge in [0.1, 0.15) is 18.1 Å². The maximum Gasteiger partial charge on any atom is 0.251 e. The summed E-state index contributed by atoms with van der Waals surface area (Å²) in [6.07, 6.45) is 2.75. The summed E-state index contributed by atoms with van der Waals surface area (Å²) in [5, 5.41) is 7.36. The zero-order valence-corrected chi connectivity index (χ0v) is 18.8. The Hall–Kier alpha value is -2.80. The lowest BCUT2D eigenvalue weighted by Gasteiger charge is -2.10. The molecule has 0 saturated carbocycles. The van der Waals surface area contributed by atoms with Gasteiger partial charge in [-0.1, -0.05) is 12.1 Å². The van der Waals surface area contributed by atoms with E-state index in [1.807, 2.05) is 73.3 Å². The van der Waals surface area contributed by atoms with Crippen LogP contribution in [0.3, 0.4) is 0 Å².